The summed E-state index contributed by atoms with van der Waals surface area (Å²) in [6.45, 7) is 1.84. The van der Waals surface area contributed by atoms with Gasteiger partial charge in [-0.3, -0.25) is 19.5 Å². The Hall–Kier alpha value is -4.49. The smallest absolute Gasteiger partial charge is 0.434 e. The Labute approximate surface area is 232 Å². The second-order valence-corrected chi connectivity index (χ2v) is 9.00. The van der Waals surface area contributed by atoms with E-state index >= 15 is 4.39 Å². The Bertz CT molecular complexity index is 1470. The number of nitrogens with one attached hydrogen (secondary N) is 2. The molecule has 3 aromatic rings. The first-order valence-electron chi connectivity index (χ1n) is 12.1. The van der Waals surface area contributed by atoms with Crippen molar-refractivity contribution in [3.63, 3.8) is 0 Å². The average molecular weight is 574 g/mol. The molecule has 1 aliphatic rings. The van der Waals surface area contributed by atoms with Gasteiger partial charge < -0.3 is 24.4 Å². The van der Waals surface area contributed by atoms with Gasteiger partial charge in [0, 0.05) is 38.4 Å². The summed E-state index contributed by atoms with van der Waals surface area (Å²) in [6.07, 6.45) is 1.40. The van der Waals surface area contributed by atoms with Gasteiger partial charge in [-0.15, -0.1) is 0 Å². The molecule has 0 unspecified atom stereocenters. The number of aromatic nitrogens is 2. The third-order valence-electron chi connectivity index (χ3n) is 5.96. The summed E-state index contributed by atoms with van der Waals surface area (Å²) in [5, 5.41) is 5.50. The topological polar surface area (TPSA) is 141 Å². The van der Waals surface area contributed by atoms with Crippen LogP contribution in [-0.2, 0) is 14.3 Å². The van der Waals surface area contributed by atoms with Gasteiger partial charge in [-0.2, -0.15) is 0 Å². The molecular weight excluding hydrogens is 549 g/mol. The van der Waals surface area contributed by atoms with E-state index < -0.39 is 41.6 Å². The van der Waals surface area contributed by atoms with Gasteiger partial charge in [-0.05, 0) is 37.3 Å². The first-order valence-corrected chi connectivity index (χ1v) is 12.5. The number of hydrogen-bond donors (Lipinski definition) is 2. The van der Waals surface area contributed by atoms with Crippen LogP contribution < -0.4 is 20.9 Å². The molecule has 1 aromatic carbocycles. The Morgan fingerprint density at radius 1 is 1.15 bits per heavy atom. The number of methoxy groups -OCH3 is 1. The van der Waals surface area contributed by atoms with Crippen molar-refractivity contribution < 1.29 is 33.0 Å². The van der Waals surface area contributed by atoms with Crippen molar-refractivity contribution in [2.45, 2.75) is 25.5 Å². The molecule has 0 aliphatic carbocycles. The van der Waals surface area contributed by atoms with E-state index in [4.69, 9.17) is 25.8 Å². The van der Waals surface area contributed by atoms with E-state index in [1.54, 1.807) is 13.0 Å². The number of pyridine rings is 2. The van der Waals surface area contributed by atoms with Crippen molar-refractivity contribution in [1.29, 1.82) is 0 Å². The van der Waals surface area contributed by atoms with Crippen LogP contribution in [0, 0.1) is 5.82 Å². The number of hydrogen-bond acceptors (Lipinski definition) is 8. The summed E-state index contributed by atoms with van der Waals surface area (Å²) in [5.74, 6) is -1.22. The van der Waals surface area contributed by atoms with Gasteiger partial charge in [0.2, 0.25) is 5.91 Å². The number of urea groups is 1. The third-order valence-corrected chi connectivity index (χ3v) is 6.18. The van der Waals surface area contributed by atoms with Crippen LogP contribution in [0.4, 0.5) is 25.5 Å². The molecule has 40 heavy (non-hydrogen) atoms. The molecule has 2 atom stereocenters. The van der Waals surface area contributed by atoms with Crippen LogP contribution in [0.15, 0.2) is 59.7 Å². The zero-order valence-electron chi connectivity index (χ0n) is 21.4. The van der Waals surface area contributed by atoms with Crippen LogP contribution in [-0.4, -0.2) is 65.0 Å². The van der Waals surface area contributed by atoms with Crippen LogP contribution in [0.3, 0.4) is 0 Å². The lowest BCUT2D eigenvalue weighted by molar-refractivity contribution is -0.119. The fourth-order valence-corrected chi connectivity index (χ4v) is 4.13. The number of carbonyl (C=O) groups is 3. The highest BCUT2D eigenvalue weighted by Crippen LogP contribution is 2.25. The zero-order valence-corrected chi connectivity index (χ0v) is 22.2. The van der Waals surface area contributed by atoms with Gasteiger partial charge in [0.25, 0.3) is 5.56 Å². The molecule has 2 aromatic heterocycles. The molecule has 4 rings (SSSR count). The van der Waals surface area contributed by atoms with Gasteiger partial charge in [0.15, 0.2) is 5.75 Å². The van der Waals surface area contributed by atoms with Gasteiger partial charge in [0.1, 0.15) is 17.7 Å². The van der Waals surface area contributed by atoms with E-state index in [0.29, 0.717) is 5.02 Å². The van der Waals surface area contributed by atoms with E-state index in [-0.39, 0.29) is 42.5 Å². The predicted octanol–water partition coefficient (Wildman–Crippen LogP) is 3.82. The maximum atomic E-state index is 15.1. The number of amides is 3. The molecule has 0 radical (unpaired) electrons. The standard InChI is InChI=1S/C26H25ClFN5O7/c1-3-39-26(37)40-17-6-9-23(34)32(13-17)16-5-7-20(19(28)10-16)30-24(35)21-11-18(38-2)14-33(21)25(36)31-22-8-4-15(27)12-29-22/h4-10,12-13,18,21H,3,11,14H2,1-2H3,(H,30,35)(H,29,31,36)/t18-,21-/m1/s1. The molecule has 0 spiro atoms. The van der Waals surface area contributed by atoms with Crippen molar-refractivity contribution in [2.24, 2.45) is 0 Å². The van der Waals surface area contributed by atoms with Crippen molar-refractivity contribution in [3.05, 3.63) is 76.1 Å². The number of benzene rings is 1. The van der Waals surface area contributed by atoms with Crippen molar-refractivity contribution in [3.8, 4) is 11.4 Å². The van der Waals surface area contributed by atoms with Gasteiger partial charge >= 0.3 is 12.2 Å². The molecule has 3 heterocycles. The fourth-order valence-electron chi connectivity index (χ4n) is 4.02. The molecular formula is C26H25ClFN5O7. The van der Waals surface area contributed by atoms with Gasteiger partial charge in [-0.25, -0.2) is 19.0 Å². The summed E-state index contributed by atoms with van der Waals surface area (Å²) < 4.78 is 31.2. The number of anilines is 2. The summed E-state index contributed by atoms with van der Waals surface area (Å²) in [7, 11) is 1.47. The summed E-state index contributed by atoms with van der Waals surface area (Å²) >= 11 is 5.83. The normalized spacial score (nSPS) is 16.4. The minimum atomic E-state index is -0.962. The minimum absolute atomic E-state index is 0.0111. The largest absolute Gasteiger partial charge is 0.513 e. The number of nitrogens with zero attached hydrogens (tertiary/aromatic N) is 3. The quantitative estimate of drug-likeness (QED) is 0.406. The van der Waals surface area contributed by atoms with Gasteiger partial charge in [0.05, 0.1) is 35.3 Å². The molecule has 12 nitrogen and oxygen atoms in total. The van der Waals surface area contributed by atoms with Crippen molar-refractivity contribution in [2.75, 3.05) is 30.9 Å². The first-order chi connectivity index (χ1) is 19.2. The fraction of sp³-hybridized carbons (Fsp3) is 0.269. The van der Waals surface area contributed by atoms with E-state index in [9.17, 15) is 19.2 Å². The number of likely N-dealkylation sites (tertiary alicyclic amines) is 1. The van der Waals surface area contributed by atoms with Crippen LogP contribution in [0.2, 0.25) is 5.02 Å². The SMILES string of the molecule is CCOC(=O)Oc1ccc(=O)n(-c2ccc(NC(=O)[C@H]3C[C@@H](OC)CN3C(=O)Nc3ccc(Cl)cn3)c(F)c2)c1. The van der Waals surface area contributed by atoms with Crippen molar-refractivity contribution >= 4 is 41.2 Å². The molecule has 1 saturated heterocycles. The third kappa shape index (κ3) is 6.74. The lowest BCUT2D eigenvalue weighted by Crippen LogP contribution is -2.45. The maximum absolute atomic E-state index is 15.1. The van der Waals surface area contributed by atoms with Gasteiger partial charge in [-0.1, -0.05) is 11.6 Å². The lowest BCUT2D eigenvalue weighted by Gasteiger charge is -2.24. The second kappa shape index (κ2) is 12.6. The molecule has 3 amide bonds. The molecule has 14 heteroatoms. The molecule has 0 saturated carbocycles. The zero-order chi connectivity index (χ0) is 28.8. The molecule has 210 valence electrons. The summed E-state index contributed by atoms with van der Waals surface area (Å²) in [6, 6.07) is 7.66. The Morgan fingerprint density at radius 3 is 2.62 bits per heavy atom. The molecule has 1 aliphatic heterocycles. The van der Waals surface area contributed by atoms with E-state index in [2.05, 4.69) is 15.6 Å². The van der Waals surface area contributed by atoms with E-state index in [0.717, 1.165) is 16.7 Å². The van der Waals surface area contributed by atoms with Crippen LogP contribution in [0.1, 0.15) is 13.3 Å². The van der Waals surface area contributed by atoms with E-state index in [1.165, 1.54) is 48.7 Å². The highest BCUT2D eigenvalue weighted by molar-refractivity contribution is 6.30. The number of ether oxygens (including phenoxy) is 3. The summed E-state index contributed by atoms with van der Waals surface area (Å²) in [4.78, 5) is 55.3. The Morgan fingerprint density at radius 2 is 1.95 bits per heavy atom. The maximum Gasteiger partial charge on any atom is 0.513 e. The van der Waals surface area contributed by atoms with Crippen LogP contribution in [0.25, 0.3) is 5.69 Å². The number of halogens is 2. The van der Waals surface area contributed by atoms with Crippen molar-refractivity contribution in [1.82, 2.24) is 14.5 Å². The predicted molar refractivity (Wildman–Crippen MR) is 142 cm³/mol. The highest BCUT2D eigenvalue weighted by atomic mass is 35.5. The molecule has 2 N–H and O–H groups in total. The second-order valence-electron chi connectivity index (χ2n) is 8.56. The Kier molecular flexibility index (Phi) is 8.97. The number of rotatable bonds is 7. The van der Waals surface area contributed by atoms with Crippen LogP contribution >= 0.6 is 11.6 Å². The number of carbonyl (C=O) groups excluding carboxylic acids is 3. The molecule has 0 bridgehead atoms. The molecule has 1 fully saturated rings. The minimum Gasteiger partial charge on any atom is -0.434 e. The monoisotopic (exact) mass is 573 g/mol. The highest BCUT2D eigenvalue weighted by Gasteiger charge is 2.40. The average Bonchev–Trinajstić information content (AvgIpc) is 3.37. The lowest BCUT2D eigenvalue weighted by atomic mass is 10.1. The first kappa shape index (κ1) is 28.5. The van der Waals surface area contributed by atoms with E-state index in [1.807, 2.05) is 0 Å². The Balaban J connectivity index is 1.49. The van der Waals surface area contributed by atoms with Crippen LogP contribution in [0.5, 0.6) is 5.75 Å². The summed E-state index contributed by atoms with van der Waals surface area (Å²) in [5.41, 5.74) is -0.561.